The Labute approximate surface area is 306 Å². The van der Waals surface area contributed by atoms with Crippen molar-refractivity contribution in [1.29, 1.82) is 0 Å². The van der Waals surface area contributed by atoms with E-state index in [2.05, 4.69) is 26.6 Å². The first kappa shape index (κ1) is 45.6. The van der Waals surface area contributed by atoms with E-state index < -0.39 is 83.7 Å². The highest BCUT2D eigenvalue weighted by Gasteiger charge is 2.33. The number of aromatic hydroxyl groups is 1. The maximum absolute atomic E-state index is 13.7. The monoisotopic (exact) mass is 737 g/mol. The predicted molar refractivity (Wildman–Crippen MR) is 192 cm³/mol. The van der Waals surface area contributed by atoms with Crippen molar-refractivity contribution in [3.8, 4) is 5.75 Å². The molecule has 1 rings (SSSR count). The maximum Gasteiger partial charge on any atom is 0.407 e. The van der Waals surface area contributed by atoms with Crippen LogP contribution in [0.2, 0.25) is 0 Å². The third kappa shape index (κ3) is 17.7. The lowest BCUT2D eigenvalue weighted by atomic mass is 10.00. The van der Waals surface area contributed by atoms with Gasteiger partial charge in [0.25, 0.3) is 0 Å². The van der Waals surface area contributed by atoms with Crippen molar-refractivity contribution in [3.63, 3.8) is 0 Å². The van der Waals surface area contributed by atoms with Gasteiger partial charge in [-0.3, -0.25) is 24.0 Å². The number of benzene rings is 1. The third-order valence-corrected chi connectivity index (χ3v) is 7.37. The highest BCUT2D eigenvalue weighted by Crippen LogP contribution is 2.15. The molecule has 16 heteroatoms. The highest BCUT2D eigenvalue weighted by atomic mass is 16.7. The smallest absolute Gasteiger partial charge is 0.407 e. The number of alkyl carbamates (subject to hydrolysis) is 1. The number of nitrogens with one attached hydrogen (secondary N) is 5. The molecular weight excluding hydrogens is 678 g/mol. The van der Waals surface area contributed by atoms with Crippen molar-refractivity contribution in [2.24, 2.45) is 5.92 Å². The zero-order valence-electron chi connectivity index (χ0n) is 32.1. The average Bonchev–Trinajstić information content (AvgIpc) is 3.03. The fourth-order valence-corrected chi connectivity index (χ4v) is 4.84. The van der Waals surface area contributed by atoms with Crippen LogP contribution in [0.5, 0.6) is 5.75 Å². The zero-order chi connectivity index (χ0) is 39.6. The fraction of sp³-hybridized carbons (Fsp3) is 0.667. The second-order valence-corrected chi connectivity index (χ2v) is 13.6. The number of rotatable bonds is 21. The topological polar surface area (TPSA) is 220 Å². The molecule has 6 N–H and O–H groups in total. The van der Waals surface area contributed by atoms with E-state index in [1.165, 1.54) is 26.0 Å². The molecule has 0 unspecified atom stereocenters. The van der Waals surface area contributed by atoms with Crippen LogP contribution in [0, 0.1) is 5.92 Å². The SMILES string of the molecule is CCOC(=O)N[C@@H](C)C(=O)N[C@@H](Cc1ccc(O)cc1)C(=O)N[C@H](C(=O)N[C@@H](C)C(=O)N[C@@H](CC(=O)OC(C)(C)C)CC(OCC)OCC)C(C)C. The van der Waals surface area contributed by atoms with E-state index in [9.17, 15) is 33.9 Å². The summed E-state index contributed by atoms with van der Waals surface area (Å²) in [5, 5.41) is 22.8. The van der Waals surface area contributed by atoms with E-state index in [0.717, 1.165) is 0 Å². The Hall–Kier alpha value is -4.44. The molecule has 1 aromatic rings. The van der Waals surface area contributed by atoms with Crippen molar-refractivity contribution in [3.05, 3.63) is 29.8 Å². The number of ether oxygens (including phenoxy) is 4. The molecule has 0 fully saturated rings. The molecule has 0 aliphatic carbocycles. The first-order valence-electron chi connectivity index (χ1n) is 17.7. The third-order valence-electron chi connectivity index (χ3n) is 7.37. The van der Waals surface area contributed by atoms with E-state index in [0.29, 0.717) is 18.8 Å². The lowest BCUT2D eigenvalue weighted by molar-refractivity contribution is -0.159. The molecule has 0 saturated carbocycles. The minimum absolute atomic E-state index is 0.00955. The fourth-order valence-electron chi connectivity index (χ4n) is 4.84. The van der Waals surface area contributed by atoms with Crippen molar-refractivity contribution in [2.75, 3.05) is 19.8 Å². The van der Waals surface area contributed by atoms with Gasteiger partial charge in [0, 0.05) is 32.1 Å². The number of hydrogen-bond acceptors (Lipinski definition) is 11. The van der Waals surface area contributed by atoms with Crippen LogP contribution in [0.3, 0.4) is 0 Å². The summed E-state index contributed by atoms with van der Waals surface area (Å²) in [5.41, 5.74) is -0.150. The zero-order valence-corrected chi connectivity index (χ0v) is 32.1. The molecule has 0 aliphatic heterocycles. The van der Waals surface area contributed by atoms with E-state index in [1.54, 1.807) is 67.5 Å². The van der Waals surface area contributed by atoms with E-state index >= 15 is 0 Å². The summed E-state index contributed by atoms with van der Waals surface area (Å²) in [7, 11) is 0. The van der Waals surface area contributed by atoms with Gasteiger partial charge in [-0.1, -0.05) is 26.0 Å². The molecule has 0 heterocycles. The summed E-state index contributed by atoms with van der Waals surface area (Å²) >= 11 is 0. The number of carbonyl (C=O) groups excluding carboxylic acids is 6. The molecule has 0 radical (unpaired) electrons. The molecule has 0 saturated heterocycles. The lowest BCUT2D eigenvalue weighted by Crippen LogP contribution is -2.59. The Morgan fingerprint density at radius 1 is 0.712 bits per heavy atom. The minimum Gasteiger partial charge on any atom is -0.508 e. The van der Waals surface area contributed by atoms with Gasteiger partial charge in [-0.05, 0) is 79.0 Å². The van der Waals surface area contributed by atoms with Gasteiger partial charge in [0.1, 0.15) is 35.5 Å². The van der Waals surface area contributed by atoms with Crippen LogP contribution in [0.15, 0.2) is 24.3 Å². The molecule has 0 bridgehead atoms. The number of carbonyl (C=O) groups is 6. The lowest BCUT2D eigenvalue weighted by Gasteiger charge is -2.28. The van der Waals surface area contributed by atoms with Gasteiger partial charge in [0.05, 0.1) is 13.0 Å². The Balaban J connectivity index is 3.14. The highest BCUT2D eigenvalue weighted by molar-refractivity contribution is 5.95. The molecular formula is C36H59N5O11. The second kappa shape index (κ2) is 22.5. The predicted octanol–water partition coefficient (Wildman–Crippen LogP) is 2.21. The summed E-state index contributed by atoms with van der Waals surface area (Å²) in [6, 6.07) is 0.785. The largest absolute Gasteiger partial charge is 0.508 e. The number of esters is 1. The van der Waals surface area contributed by atoms with Gasteiger partial charge in [-0.2, -0.15) is 0 Å². The quantitative estimate of drug-likeness (QED) is 0.0794. The summed E-state index contributed by atoms with van der Waals surface area (Å²) < 4.78 is 21.5. The van der Waals surface area contributed by atoms with E-state index in [4.69, 9.17) is 18.9 Å². The summed E-state index contributed by atoms with van der Waals surface area (Å²) in [4.78, 5) is 78.1. The van der Waals surface area contributed by atoms with Crippen molar-refractivity contribution in [1.82, 2.24) is 26.6 Å². The molecule has 1 aromatic carbocycles. The first-order valence-corrected chi connectivity index (χ1v) is 17.7. The standard InChI is InChI=1S/C36H59N5O11/c1-11-49-29(50-12-2)20-25(19-28(43)52-36(8,9)10)39-31(44)22(6)37-34(47)30(21(4)5)41-33(46)27(18-24-14-16-26(42)17-15-24)40-32(45)23(7)38-35(48)51-13-3/h14-17,21-23,25,27,29-30,42H,11-13,18-20H2,1-10H3,(H,37,47)(H,38,48)(H,39,44)(H,40,45)(H,41,46)/t22-,23-,25-,27-,30-/m0/s1. The van der Waals surface area contributed by atoms with Crippen LogP contribution >= 0.6 is 0 Å². The number of amides is 5. The van der Waals surface area contributed by atoms with Crippen LogP contribution in [-0.2, 0) is 49.3 Å². The Kier molecular flexibility index (Phi) is 19.7. The molecule has 0 aliphatic rings. The molecule has 16 nitrogen and oxygen atoms in total. The van der Waals surface area contributed by atoms with Crippen LogP contribution in [-0.4, -0.2) is 103 Å². The van der Waals surface area contributed by atoms with Crippen LogP contribution in [0.1, 0.15) is 87.6 Å². The molecule has 0 aromatic heterocycles. The van der Waals surface area contributed by atoms with Crippen LogP contribution < -0.4 is 26.6 Å². The number of phenols is 1. The second-order valence-electron chi connectivity index (χ2n) is 13.6. The first-order chi connectivity index (χ1) is 24.3. The Bertz CT molecular complexity index is 1310. The summed E-state index contributed by atoms with van der Waals surface area (Å²) in [5.74, 6) is -3.62. The molecule has 52 heavy (non-hydrogen) atoms. The van der Waals surface area contributed by atoms with Crippen molar-refractivity contribution < 1.29 is 52.8 Å². The van der Waals surface area contributed by atoms with Crippen molar-refractivity contribution >= 4 is 35.7 Å². The number of hydrogen-bond donors (Lipinski definition) is 6. The van der Waals surface area contributed by atoms with E-state index in [1.807, 2.05) is 0 Å². The van der Waals surface area contributed by atoms with Crippen molar-refractivity contribution in [2.45, 2.75) is 131 Å². The maximum atomic E-state index is 13.7. The molecule has 5 atom stereocenters. The van der Waals surface area contributed by atoms with Crippen LogP contribution in [0.25, 0.3) is 0 Å². The average molecular weight is 738 g/mol. The van der Waals surface area contributed by atoms with E-state index in [-0.39, 0.29) is 31.6 Å². The van der Waals surface area contributed by atoms with Gasteiger partial charge < -0.3 is 50.6 Å². The van der Waals surface area contributed by atoms with Gasteiger partial charge in [-0.25, -0.2) is 4.79 Å². The van der Waals surface area contributed by atoms with Gasteiger partial charge >= 0.3 is 12.1 Å². The normalized spacial score (nSPS) is 14.3. The van der Waals surface area contributed by atoms with Gasteiger partial charge in [-0.15, -0.1) is 0 Å². The molecule has 0 spiro atoms. The Morgan fingerprint density at radius 2 is 1.27 bits per heavy atom. The summed E-state index contributed by atoms with van der Waals surface area (Å²) in [6.07, 6.45) is -1.56. The van der Waals surface area contributed by atoms with Gasteiger partial charge in [0.15, 0.2) is 6.29 Å². The molecule has 5 amide bonds. The van der Waals surface area contributed by atoms with Crippen LogP contribution in [0.4, 0.5) is 4.79 Å². The minimum atomic E-state index is -1.20. The Morgan fingerprint density at radius 3 is 1.79 bits per heavy atom. The number of phenolic OH excluding ortho intramolecular Hbond substituents is 1. The molecule has 294 valence electrons. The summed E-state index contributed by atoms with van der Waals surface area (Å²) in [6.45, 7) is 17.5. The van der Waals surface area contributed by atoms with Gasteiger partial charge in [0.2, 0.25) is 23.6 Å².